The van der Waals surface area contributed by atoms with Crippen LogP contribution in [0.15, 0.2) is 28.7 Å². The lowest BCUT2D eigenvalue weighted by Crippen LogP contribution is -2.44. The van der Waals surface area contributed by atoms with E-state index in [1.54, 1.807) is 0 Å². The summed E-state index contributed by atoms with van der Waals surface area (Å²) < 4.78 is 6.76. The summed E-state index contributed by atoms with van der Waals surface area (Å²) in [5.41, 5.74) is 0. The van der Waals surface area contributed by atoms with Crippen molar-refractivity contribution in [2.45, 2.75) is 6.42 Å². The first kappa shape index (κ1) is 11.0. The summed E-state index contributed by atoms with van der Waals surface area (Å²) in [5.74, 6) is 1.80. The fraction of sp³-hybridized carbons (Fsp3) is 0.500. The summed E-state index contributed by atoms with van der Waals surface area (Å²) in [6.45, 7) is 3.29. The summed E-state index contributed by atoms with van der Waals surface area (Å²) in [6.07, 6.45) is 1.17. The maximum atomic E-state index is 5.66. The number of likely N-dealkylation sites (tertiary alicyclic amines) is 1. The highest BCUT2D eigenvalue weighted by atomic mass is 79.9. The van der Waals surface area contributed by atoms with Crippen LogP contribution in [0.1, 0.15) is 6.42 Å². The molecule has 0 saturated carbocycles. The van der Waals surface area contributed by atoms with E-state index in [1.807, 2.05) is 24.3 Å². The molecular weight excluding hydrogens is 254 g/mol. The van der Waals surface area contributed by atoms with Gasteiger partial charge in [-0.05, 0) is 43.7 Å². The smallest absolute Gasteiger partial charge is 0.119 e. The van der Waals surface area contributed by atoms with Crippen LogP contribution in [0, 0.1) is 5.92 Å². The summed E-state index contributed by atoms with van der Waals surface area (Å²) in [4.78, 5) is 2.34. The zero-order valence-corrected chi connectivity index (χ0v) is 10.5. The number of benzene rings is 1. The van der Waals surface area contributed by atoms with Crippen LogP contribution in [-0.2, 0) is 0 Å². The van der Waals surface area contributed by atoms with Crippen molar-refractivity contribution in [3.63, 3.8) is 0 Å². The van der Waals surface area contributed by atoms with Gasteiger partial charge in [0.15, 0.2) is 0 Å². The van der Waals surface area contributed by atoms with Gasteiger partial charge in [-0.1, -0.05) is 15.9 Å². The van der Waals surface area contributed by atoms with Gasteiger partial charge >= 0.3 is 0 Å². The maximum absolute atomic E-state index is 5.66. The molecule has 1 fully saturated rings. The van der Waals surface area contributed by atoms with Gasteiger partial charge in [0.2, 0.25) is 0 Å². The van der Waals surface area contributed by atoms with Gasteiger partial charge in [0.05, 0.1) is 6.61 Å². The van der Waals surface area contributed by atoms with Gasteiger partial charge in [-0.15, -0.1) is 0 Å². The Morgan fingerprint density at radius 3 is 2.60 bits per heavy atom. The topological polar surface area (TPSA) is 12.5 Å². The lowest BCUT2D eigenvalue weighted by molar-refractivity contribution is 0.110. The van der Waals surface area contributed by atoms with Crippen LogP contribution in [0.4, 0.5) is 0 Å². The van der Waals surface area contributed by atoms with Crippen LogP contribution >= 0.6 is 15.9 Å². The molecule has 0 unspecified atom stereocenters. The Kier molecular flexibility index (Phi) is 3.65. The summed E-state index contributed by atoms with van der Waals surface area (Å²) in [6, 6.07) is 8.01. The van der Waals surface area contributed by atoms with E-state index < -0.39 is 0 Å². The van der Waals surface area contributed by atoms with Gasteiger partial charge in [-0.2, -0.15) is 0 Å². The predicted octanol–water partition coefficient (Wildman–Crippen LogP) is 2.78. The van der Waals surface area contributed by atoms with Crippen LogP contribution in [-0.4, -0.2) is 31.6 Å². The molecule has 2 rings (SSSR count). The molecule has 1 heterocycles. The van der Waals surface area contributed by atoms with Crippen molar-refractivity contribution in [3.05, 3.63) is 28.7 Å². The molecule has 0 radical (unpaired) electrons. The highest BCUT2D eigenvalue weighted by molar-refractivity contribution is 9.10. The second kappa shape index (κ2) is 4.99. The number of nitrogens with zero attached hydrogens (tertiary/aromatic N) is 1. The number of hydrogen-bond donors (Lipinski definition) is 0. The molecule has 1 aromatic rings. The van der Waals surface area contributed by atoms with Gasteiger partial charge in [0.1, 0.15) is 5.75 Å². The fourth-order valence-corrected chi connectivity index (χ4v) is 2.15. The Hall–Kier alpha value is -0.540. The molecule has 0 aromatic heterocycles. The molecule has 1 aromatic carbocycles. The van der Waals surface area contributed by atoms with E-state index in [2.05, 4.69) is 27.9 Å². The van der Waals surface area contributed by atoms with Gasteiger partial charge in [0, 0.05) is 17.6 Å². The first-order valence-electron chi connectivity index (χ1n) is 5.31. The van der Waals surface area contributed by atoms with Crippen molar-refractivity contribution in [3.8, 4) is 5.75 Å². The van der Waals surface area contributed by atoms with Crippen molar-refractivity contribution >= 4 is 15.9 Å². The molecule has 0 spiro atoms. The second-order valence-electron chi connectivity index (χ2n) is 4.18. The van der Waals surface area contributed by atoms with Crippen LogP contribution < -0.4 is 4.74 Å². The minimum Gasteiger partial charge on any atom is -0.494 e. The SMILES string of the molecule is CN1CC(CCOc2ccc(Br)cc2)C1. The Balaban J connectivity index is 1.67. The molecule has 0 bridgehead atoms. The van der Waals surface area contributed by atoms with Crippen LogP contribution in [0.5, 0.6) is 5.75 Å². The standard InChI is InChI=1S/C12H16BrNO/c1-14-8-10(9-14)6-7-15-12-4-2-11(13)3-5-12/h2-5,10H,6-9H2,1H3. The highest BCUT2D eigenvalue weighted by Gasteiger charge is 2.22. The molecule has 1 aliphatic rings. The van der Waals surface area contributed by atoms with Gasteiger partial charge < -0.3 is 9.64 Å². The molecule has 0 amide bonds. The predicted molar refractivity (Wildman–Crippen MR) is 65.2 cm³/mol. The van der Waals surface area contributed by atoms with Crippen molar-refractivity contribution in [1.82, 2.24) is 4.90 Å². The number of rotatable bonds is 4. The highest BCUT2D eigenvalue weighted by Crippen LogP contribution is 2.19. The molecule has 15 heavy (non-hydrogen) atoms. The van der Waals surface area contributed by atoms with E-state index in [4.69, 9.17) is 4.74 Å². The molecule has 1 aliphatic heterocycles. The van der Waals surface area contributed by atoms with Crippen molar-refractivity contribution < 1.29 is 4.74 Å². The number of ether oxygens (including phenoxy) is 1. The zero-order chi connectivity index (χ0) is 10.7. The van der Waals surface area contributed by atoms with E-state index in [9.17, 15) is 0 Å². The van der Waals surface area contributed by atoms with Crippen molar-refractivity contribution in [1.29, 1.82) is 0 Å². The summed E-state index contributed by atoms with van der Waals surface area (Å²) >= 11 is 3.40. The second-order valence-corrected chi connectivity index (χ2v) is 5.09. The first-order chi connectivity index (χ1) is 7.24. The molecular formula is C12H16BrNO. The number of halogens is 1. The fourth-order valence-electron chi connectivity index (χ4n) is 1.88. The average Bonchev–Trinajstić information content (AvgIpc) is 2.18. The Bertz CT molecular complexity index is 306. The van der Waals surface area contributed by atoms with Gasteiger partial charge in [0.25, 0.3) is 0 Å². The monoisotopic (exact) mass is 269 g/mol. The summed E-state index contributed by atoms with van der Waals surface area (Å²) in [5, 5.41) is 0. The molecule has 0 aliphatic carbocycles. The Labute approximate surface area is 99.4 Å². The quantitative estimate of drug-likeness (QED) is 0.834. The molecule has 0 atom stereocenters. The van der Waals surface area contributed by atoms with Gasteiger partial charge in [-0.25, -0.2) is 0 Å². The molecule has 82 valence electrons. The van der Waals surface area contributed by atoms with E-state index in [0.717, 1.165) is 22.7 Å². The van der Waals surface area contributed by atoms with Gasteiger partial charge in [-0.3, -0.25) is 0 Å². The summed E-state index contributed by atoms with van der Waals surface area (Å²) in [7, 11) is 2.16. The molecule has 3 heteroatoms. The van der Waals surface area contributed by atoms with Crippen LogP contribution in [0.2, 0.25) is 0 Å². The lowest BCUT2D eigenvalue weighted by atomic mass is 9.98. The minimum absolute atomic E-state index is 0.833. The minimum atomic E-state index is 0.833. The average molecular weight is 270 g/mol. The zero-order valence-electron chi connectivity index (χ0n) is 8.95. The normalized spacial score (nSPS) is 17.5. The van der Waals surface area contributed by atoms with E-state index in [-0.39, 0.29) is 0 Å². The number of hydrogen-bond acceptors (Lipinski definition) is 2. The molecule has 1 saturated heterocycles. The van der Waals surface area contributed by atoms with Crippen LogP contribution in [0.3, 0.4) is 0 Å². The van der Waals surface area contributed by atoms with Crippen molar-refractivity contribution in [2.24, 2.45) is 5.92 Å². The van der Waals surface area contributed by atoms with E-state index in [0.29, 0.717) is 0 Å². The third-order valence-corrected chi connectivity index (χ3v) is 3.28. The van der Waals surface area contributed by atoms with Crippen molar-refractivity contribution in [2.75, 3.05) is 26.7 Å². The molecule has 0 N–H and O–H groups in total. The van der Waals surface area contributed by atoms with E-state index in [1.165, 1.54) is 19.5 Å². The Morgan fingerprint density at radius 2 is 2.00 bits per heavy atom. The van der Waals surface area contributed by atoms with Crippen LogP contribution in [0.25, 0.3) is 0 Å². The largest absolute Gasteiger partial charge is 0.494 e. The molecule has 2 nitrogen and oxygen atoms in total. The lowest BCUT2D eigenvalue weighted by Gasteiger charge is -2.36. The Morgan fingerprint density at radius 1 is 1.33 bits per heavy atom. The third kappa shape index (κ3) is 3.21. The maximum Gasteiger partial charge on any atom is 0.119 e. The third-order valence-electron chi connectivity index (χ3n) is 2.75. The van der Waals surface area contributed by atoms with E-state index >= 15 is 0 Å². The first-order valence-corrected chi connectivity index (χ1v) is 6.10.